The molecule has 0 saturated carbocycles. The van der Waals surface area contributed by atoms with Crippen LogP contribution < -0.4 is 11.1 Å². The molecule has 0 unspecified atom stereocenters. The van der Waals surface area contributed by atoms with Gasteiger partial charge in [-0.3, -0.25) is 4.79 Å². The molecule has 0 bridgehead atoms. The Kier molecular flexibility index (Phi) is 4.18. The van der Waals surface area contributed by atoms with Crippen LogP contribution in [0.25, 0.3) is 0 Å². The van der Waals surface area contributed by atoms with E-state index in [9.17, 15) is 4.79 Å². The maximum Gasteiger partial charge on any atom is 0.233 e. The molecule has 0 aromatic rings. The summed E-state index contributed by atoms with van der Waals surface area (Å²) in [5.74, 6) is -0.0565. The Hall–Kier alpha value is -0.610. The minimum Gasteiger partial charge on any atom is -0.353 e. The number of hydrogen-bond acceptors (Lipinski definition) is 3. The predicted octanol–water partition coefficient (Wildman–Crippen LogP) is -0.454. The molecular weight excluding hydrogens is 166 g/mol. The molecule has 3 N–H and O–H groups in total. The van der Waals surface area contributed by atoms with Crippen LogP contribution in [-0.2, 0) is 4.79 Å². The van der Waals surface area contributed by atoms with Gasteiger partial charge in [0, 0.05) is 12.6 Å². The molecule has 13 heavy (non-hydrogen) atoms. The van der Waals surface area contributed by atoms with Crippen molar-refractivity contribution in [2.45, 2.75) is 25.3 Å². The SMILES string of the molecule is CN1CCCC[C@H]1CNC(=O)CN. The van der Waals surface area contributed by atoms with Crippen LogP contribution in [0, 0.1) is 0 Å². The molecule has 0 aromatic heterocycles. The first-order valence-corrected chi connectivity index (χ1v) is 4.91. The summed E-state index contributed by atoms with van der Waals surface area (Å²) in [4.78, 5) is 13.2. The summed E-state index contributed by atoms with van der Waals surface area (Å²) in [5.41, 5.74) is 5.20. The van der Waals surface area contributed by atoms with Gasteiger partial charge in [-0.1, -0.05) is 6.42 Å². The minimum atomic E-state index is -0.0565. The Morgan fingerprint density at radius 3 is 3.00 bits per heavy atom. The molecule has 0 radical (unpaired) electrons. The van der Waals surface area contributed by atoms with Crippen LogP contribution in [0.4, 0.5) is 0 Å². The molecule has 76 valence electrons. The highest BCUT2D eigenvalue weighted by Gasteiger charge is 2.18. The molecule has 4 heteroatoms. The third kappa shape index (κ3) is 3.32. The maximum absolute atomic E-state index is 10.9. The number of rotatable bonds is 3. The van der Waals surface area contributed by atoms with Crippen molar-refractivity contribution in [3.8, 4) is 0 Å². The number of hydrogen-bond donors (Lipinski definition) is 2. The van der Waals surface area contributed by atoms with E-state index >= 15 is 0 Å². The van der Waals surface area contributed by atoms with Crippen LogP contribution >= 0.6 is 0 Å². The highest BCUT2D eigenvalue weighted by atomic mass is 16.1. The number of nitrogens with two attached hydrogens (primary N) is 1. The average molecular weight is 185 g/mol. The van der Waals surface area contributed by atoms with Gasteiger partial charge in [0.15, 0.2) is 0 Å². The number of amides is 1. The van der Waals surface area contributed by atoms with E-state index < -0.39 is 0 Å². The normalized spacial score (nSPS) is 24.3. The zero-order valence-corrected chi connectivity index (χ0v) is 8.25. The van der Waals surface area contributed by atoms with Crippen molar-refractivity contribution < 1.29 is 4.79 Å². The summed E-state index contributed by atoms with van der Waals surface area (Å²) in [6.07, 6.45) is 3.73. The first kappa shape index (κ1) is 10.5. The monoisotopic (exact) mass is 185 g/mol. The van der Waals surface area contributed by atoms with E-state index in [2.05, 4.69) is 17.3 Å². The second-order valence-corrected chi connectivity index (χ2v) is 3.64. The molecule has 0 spiro atoms. The van der Waals surface area contributed by atoms with Gasteiger partial charge in [-0.15, -0.1) is 0 Å². The number of carbonyl (C=O) groups excluding carboxylic acids is 1. The molecule has 1 fully saturated rings. The number of piperidine rings is 1. The van der Waals surface area contributed by atoms with E-state index in [0.717, 1.165) is 13.1 Å². The number of likely N-dealkylation sites (N-methyl/N-ethyl adjacent to an activating group) is 1. The summed E-state index contributed by atoms with van der Waals surface area (Å²) in [6.45, 7) is 1.98. The zero-order chi connectivity index (χ0) is 9.68. The Morgan fingerprint density at radius 2 is 2.38 bits per heavy atom. The van der Waals surface area contributed by atoms with Crippen LogP contribution in [0.3, 0.4) is 0 Å². The van der Waals surface area contributed by atoms with Gasteiger partial charge in [0.25, 0.3) is 0 Å². The largest absolute Gasteiger partial charge is 0.353 e. The van der Waals surface area contributed by atoms with Crippen LogP contribution in [0.15, 0.2) is 0 Å². The molecular formula is C9H19N3O. The van der Waals surface area contributed by atoms with E-state index in [4.69, 9.17) is 5.73 Å². The lowest BCUT2D eigenvalue weighted by molar-refractivity contribution is -0.120. The maximum atomic E-state index is 10.9. The fourth-order valence-electron chi connectivity index (χ4n) is 1.71. The van der Waals surface area contributed by atoms with E-state index in [1.807, 2.05) is 0 Å². The second kappa shape index (κ2) is 5.19. The van der Waals surface area contributed by atoms with Crippen molar-refractivity contribution in [1.29, 1.82) is 0 Å². The fraction of sp³-hybridized carbons (Fsp3) is 0.889. The first-order valence-electron chi connectivity index (χ1n) is 4.91. The lowest BCUT2D eigenvalue weighted by atomic mass is 10.0. The van der Waals surface area contributed by atoms with Crippen molar-refractivity contribution >= 4 is 5.91 Å². The van der Waals surface area contributed by atoms with E-state index in [1.165, 1.54) is 19.3 Å². The number of nitrogens with zero attached hydrogens (tertiary/aromatic N) is 1. The Labute approximate surface area is 79.5 Å². The van der Waals surface area contributed by atoms with Gasteiger partial charge in [-0.2, -0.15) is 0 Å². The first-order chi connectivity index (χ1) is 6.24. The summed E-state index contributed by atoms with van der Waals surface area (Å²) < 4.78 is 0. The second-order valence-electron chi connectivity index (χ2n) is 3.64. The number of carbonyl (C=O) groups is 1. The van der Waals surface area contributed by atoms with Gasteiger partial charge in [0.2, 0.25) is 5.91 Å². The van der Waals surface area contributed by atoms with E-state index in [-0.39, 0.29) is 12.5 Å². The average Bonchev–Trinajstić information content (AvgIpc) is 2.16. The molecule has 1 amide bonds. The van der Waals surface area contributed by atoms with Gasteiger partial charge < -0.3 is 16.0 Å². The molecule has 4 nitrogen and oxygen atoms in total. The van der Waals surface area contributed by atoms with Crippen molar-refractivity contribution in [3.05, 3.63) is 0 Å². The molecule has 1 rings (SSSR count). The molecule has 1 aliphatic heterocycles. The predicted molar refractivity (Wildman–Crippen MR) is 52.3 cm³/mol. The van der Waals surface area contributed by atoms with E-state index in [1.54, 1.807) is 0 Å². The summed E-state index contributed by atoms with van der Waals surface area (Å²) in [6, 6.07) is 0.504. The summed E-state index contributed by atoms with van der Waals surface area (Å²) in [5, 5.41) is 2.83. The topological polar surface area (TPSA) is 58.4 Å². The highest BCUT2D eigenvalue weighted by molar-refractivity contribution is 5.77. The molecule has 1 saturated heterocycles. The van der Waals surface area contributed by atoms with Crippen molar-refractivity contribution in [2.75, 3.05) is 26.7 Å². The molecule has 1 heterocycles. The molecule has 0 aromatic carbocycles. The number of likely N-dealkylation sites (tertiary alicyclic amines) is 1. The molecule has 0 aliphatic carbocycles. The lowest BCUT2D eigenvalue weighted by Gasteiger charge is -2.32. The van der Waals surface area contributed by atoms with Crippen molar-refractivity contribution in [2.24, 2.45) is 5.73 Å². The van der Waals surface area contributed by atoms with Crippen LogP contribution in [0.2, 0.25) is 0 Å². The highest BCUT2D eigenvalue weighted by Crippen LogP contribution is 2.13. The lowest BCUT2D eigenvalue weighted by Crippen LogP contribution is -2.45. The molecule has 1 aliphatic rings. The third-order valence-electron chi connectivity index (χ3n) is 2.64. The van der Waals surface area contributed by atoms with Crippen LogP contribution in [-0.4, -0.2) is 43.5 Å². The fourth-order valence-corrected chi connectivity index (χ4v) is 1.71. The third-order valence-corrected chi connectivity index (χ3v) is 2.64. The minimum absolute atomic E-state index is 0.0565. The summed E-state index contributed by atoms with van der Waals surface area (Å²) in [7, 11) is 2.11. The quantitative estimate of drug-likeness (QED) is 0.626. The van der Waals surface area contributed by atoms with Crippen LogP contribution in [0.1, 0.15) is 19.3 Å². The summed E-state index contributed by atoms with van der Waals surface area (Å²) >= 11 is 0. The van der Waals surface area contributed by atoms with Gasteiger partial charge in [0.05, 0.1) is 6.54 Å². The Balaban J connectivity index is 2.22. The van der Waals surface area contributed by atoms with Gasteiger partial charge in [-0.25, -0.2) is 0 Å². The van der Waals surface area contributed by atoms with Crippen molar-refractivity contribution in [3.63, 3.8) is 0 Å². The van der Waals surface area contributed by atoms with Gasteiger partial charge in [-0.05, 0) is 26.4 Å². The van der Waals surface area contributed by atoms with E-state index in [0.29, 0.717) is 6.04 Å². The van der Waals surface area contributed by atoms with Gasteiger partial charge >= 0.3 is 0 Å². The Morgan fingerprint density at radius 1 is 1.62 bits per heavy atom. The van der Waals surface area contributed by atoms with Gasteiger partial charge in [0.1, 0.15) is 0 Å². The van der Waals surface area contributed by atoms with Crippen molar-refractivity contribution in [1.82, 2.24) is 10.2 Å². The molecule has 1 atom stereocenters. The zero-order valence-electron chi connectivity index (χ0n) is 8.25. The Bertz CT molecular complexity index is 172. The van der Waals surface area contributed by atoms with Crippen LogP contribution in [0.5, 0.6) is 0 Å². The smallest absolute Gasteiger partial charge is 0.233 e. The number of nitrogens with one attached hydrogen (secondary N) is 1. The standard InChI is InChI=1S/C9H19N3O/c1-12-5-3-2-4-8(12)7-11-9(13)6-10/h8H,2-7,10H2,1H3,(H,11,13)/t8-/m0/s1.